The quantitative estimate of drug-likeness (QED) is 0.713. The molecule has 3 heterocycles. The minimum Gasteiger partial charge on any atom is -0.359 e. The van der Waals surface area contributed by atoms with E-state index < -0.39 is 0 Å². The van der Waals surface area contributed by atoms with Gasteiger partial charge < -0.3 is 10.2 Å². The molecule has 1 fully saturated rings. The number of rotatable bonds is 4. The molecule has 4 rings (SSSR count). The number of thiophene rings is 1. The molecule has 1 N–H and O–H groups in total. The molecule has 2 aromatic heterocycles. The fraction of sp³-hybridized carbons (Fsp3) is 0.300. The minimum absolute atomic E-state index is 0.00999. The van der Waals surface area contributed by atoms with E-state index in [2.05, 4.69) is 15.4 Å². The maximum atomic E-state index is 13.3. The summed E-state index contributed by atoms with van der Waals surface area (Å²) < 4.78 is 14.9. The van der Waals surface area contributed by atoms with Gasteiger partial charge in [0.1, 0.15) is 5.82 Å². The summed E-state index contributed by atoms with van der Waals surface area (Å²) in [5.74, 6) is -0.0431. The number of hydrogen-bond donors (Lipinski definition) is 1. The van der Waals surface area contributed by atoms with Gasteiger partial charge in [-0.15, -0.1) is 16.4 Å². The fourth-order valence-electron chi connectivity index (χ4n) is 3.42. The van der Waals surface area contributed by atoms with E-state index in [0.717, 1.165) is 4.88 Å². The molecule has 1 aromatic carbocycles. The first-order valence-electron chi connectivity index (χ1n) is 9.34. The van der Waals surface area contributed by atoms with Gasteiger partial charge in [0.25, 0.3) is 5.91 Å². The molecule has 1 aliphatic rings. The summed E-state index contributed by atoms with van der Waals surface area (Å²) in [4.78, 5) is 31.8. The predicted molar refractivity (Wildman–Crippen MR) is 107 cm³/mol. The van der Waals surface area contributed by atoms with Crippen molar-refractivity contribution < 1.29 is 14.0 Å². The Hall–Kier alpha value is -3.07. The van der Waals surface area contributed by atoms with Crippen molar-refractivity contribution in [2.24, 2.45) is 5.92 Å². The standard InChI is InChI=1S/C20H20FN5O2S/c1-22-19(27)13-8-10-25(11-9-13)20(28)17-23-18(16-3-2-12-29-16)26(24-17)15-6-4-14(21)5-7-15/h2-7,12-13H,8-11H2,1H3,(H,22,27). The highest BCUT2D eigenvalue weighted by Gasteiger charge is 2.30. The molecular formula is C20H20FN5O2S. The van der Waals surface area contributed by atoms with Crippen molar-refractivity contribution in [2.75, 3.05) is 20.1 Å². The number of halogens is 1. The lowest BCUT2D eigenvalue weighted by Crippen LogP contribution is -2.42. The molecular weight excluding hydrogens is 393 g/mol. The summed E-state index contributed by atoms with van der Waals surface area (Å²) in [6.07, 6.45) is 1.23. The van der Waals surface area contributed by atoms with Gasteiger partial charge in [-0.25, -0.2) is 14.1 Å². The summed E-state index contributed by atoms with van der Waals surface area (Å²) in [6, 6.07) is 9.70. The normalized spacial score (nSPS) is 14.8. The largest absolute Gasteiger partial charge is 0.359 e. The van der Waals surface area contributed by atoms with Crippen LogP contribution in [0.5, 0.6) is 0 Å². The molecule has 0 atom stereocenters. The van der Waals surface area contributed by atoms with Crippen LogP contribution in [-0.2, 0) is 4.79 Å². The first-order valence-corrected chi connectivity index (χ1v) is 10.2. The van der Waals surface area contributed by atoms with E-state index in [1.54, 1.807) is 28.8 Å². The SMILES string of the molecule is CNC(=O)C1CCN(C(=O)c2nc(-c3cccs3)n(-c3ccc(F)cc3)n2)CC1. The predicted octanol–water partition coefficient (Wildman–Crippen LogP) is 2.73. The number of likely N-dealkylation sites (tertiary alicyclic amines) is 1. The third-order valence-corrected chi connectivity index (χ3v) is 5.88. The Bertz CT molecular complexity index is 1010. The molecule has 0 spiro atoms. The number of carbonyl (C=O) groups excluding carboxylic acids is 2. The molecule has 1 aliphatic heterocycles. The van der Waals surface area contributed by atoms with E-state index in [9.17, 15) is 14.0 Å². The molecule has 0 bridgehead atoms. The monoisotopic (exact) mass is 413 g/mol. The lowest BCUT2D eigenvalue weighted by molar-refractivity contribution is -0.125. The van der Waals surface area contributed by atoms with Crippen molar-refractivity contribution >= 4 is 23.2 Å². The van der Waals surface area contributed by atoms with E-state index in [-0.39, 0.29) is 29.4 Å². The summed E-state index contributed by atoms with van der Waals surface area (Å²) in [5.41, 5.74) is 0.625. The summed E-state index contributed by atoms with van der Waals surface area (Å²) in [5, 5.41) is 9.01. The van der Waals surface area contributed by atoms with E-state index in [4.69, 9.17) is 0 Å². The summed E-state index contributed by atoms with van der Waals surface area (Å²) >= 11 is 1.49. The van der Waals surface area contributed by atoms with Crippen molar-refractivity contribution in [1.82, 2.24) is 25.0 Å². The minimum atomic E-state index is -0.346. The lowest BCUT2D eigenvalue weighted by Gasteiger charge is -2.30. The number of benzene rings is 1. The van der Waals surface area contributed by atoms with Gasteiger partial charge in [0.2, 0.25) is 11.7 Å². The average molecular weight is 413 g/mol. The molecule has 7 nitrogen and oxygen atoms in total. The highest BCUT2D eigenvalue weighted by atomic mass is 32.1. The van der Waals surface area contributed by atoms with Crippen LogP contribution in [0.15, 0.2) is 41.8 Å². The summed E-state index contributed by atoms with van der Waals surface area (Å²) in [6.45, 7) is 0.965. The number of amides is 2. The van der Waals surface area contributed by atoms with E-state index >= 15 is 0 Å². The third kappa shape index (κ3) is 3.91. The molecule has 29 heavy (non-hydrogen) atoms. The molecule has 2 amide bonds. The molecule has 0 radical (unpaired) electrons. The Morgan fingerprint density at radius 3 is 2.52 bits per heavy atom. The highest BCUT2D eigenvalue weighted by Crippen LogP contribution is 2.26. The van der Waals surface area contributed by atoms with Crippen LogP contribution in [0, 0.1) is 11.7 Å². The second kappa shape index (κ2) is 8.12. The Kier molecular flexibility index (Phi) is 5.39. The Morgan fingerprint density at radius 2 is 1.90 bits per heavy atom. The van der Waals surface area contributed by atoms with Crippen molar-refractivity contribution in [3.05, 3.63) is 53.4 Å². The van der Waals surface area contributed by atoms with E-state index in [0.29, 0.717) is 37.4 Å². The van der Waals surface area contributed by atoms with Gasteiger partial charge in [-0.3, -0.25) is 9.59 Å². The molecule has 0 unspecified atom stereocenters. The van der Waals surface area contributed by atoms with E-state index in [1.165, 1.54) is 23.5 Å². The molecule has 9 heteroatoms. The van der Waals surface area contributed by atoms with Gasteiger partial charge in [-0.2, -0.15) is 0 Å². The van der Waals surface area contributed by atoms with E-state index in [1.807, 2.05) is 17.5 Å². The first kappa shape index (κ1) is 19.3. The number of carbonyl (C=O) groups is 2. The smallest absolute Gasteiger partial charge is 0.293 e. The second-order valence-electron chi connectivity index (χ2n) is 6.81. The Balaban J connectivity index is 1.61. The zero-order chi connectivity index (χ0) is 20.4. The van der Waals surface area contributed by atoms with Crippen LogP contribution in [0.2, 0.25) is 0 Å². The summed E-state index contributed by atoms with van der Waals surface area (Å²) in [7, 11) is 1.62. The lowest BCUT2D eigenvalue weighted by atomic mass is 9.96. The van der Waals surface area contributed by atoms with Crippen molar-refractivity contribution in [3.63, 3.8) is 0 Å². The van der Waals surface area contributed by atoms with Gasteiger partial charge in [-0.1, -0.05) is 6.07 Å². The molecule has 0 saturated carbocycles. The molecule has 3 aromatic rings. The number of hydrogen-bond acceptors (Lipinski definition) is 5. The topological polar surface area (TPSA) is 80.1 Å². The molecule has 0 aliphatic carbocycles. The van der Waals surface area contributed by atoms with Crippen LogP contribution in [0.4, 0.5) is 4.39 Å². The van der Waals surface area contributed by atoms with Gasteiger partial charge in [0, 0.05) is 26.1 Å². The zero-order valence-electron chi connectivity index (χ0n) is 15.8. The fourth-order valence-corrected chi connectivity index (χ4v) is 4.12. The van der Waals surface area contributed by atoms with Gasteiger partial charge >= 0.3 is 0 Å². The third-order valence-electron chi connectivity index (χ3n) is 5.01. The number of nitrogens with one attached hydrogen (secondary N) is 1. The average Bonchev–Trinajstić information content (AvgIpc) is 3.43. The van der Waals surface area contributed by atoms with Crippen LogP contribution < -0.4 is 5.32 Å². The molecule has 150 valence electrons. The number of piperidine rings is 1. The first-order chi connectivity index (χ1) is 14.1. The van der Waals surface area contributed by atoms with Gasteiger partial charge in [0.05, 0.1) is 10.6 Å². The second-order valence-corrected chi connectivity index (χ2v) is 7.75. The van der Waals surface area contributed by atoms with Gasteiger partial charge in [-0.05, 0) is 48.6 Å². The van der Waals surface area contributed by atoms with Crippen LogP contribution in [0.1, 0.15) is 23.5 Å². The Labute approximate surface area is 171 Å². The Morgan fingerprint density at radius 1 is 1.17 bits per heavy atom. The van der Waals surface area contributed by atoms with Crippen LogP contribution in [-0.4, -0.2) is 51.6 Å². The van der Waals surface area contributed by atoms with Crippen LogP contribution in [0.3, 0.4) is 0 Å². The number of nitrogens with zero attached hydrogens (tertiary/aromatic N) is 4. The van der Waals surface area contributed by atoms with Crippen LogP contribution >= 0.6 is 11.3 Å². The van der Waals surface area contributed by atoms with Crippen molar-refractivity contribution in [2.45, 2.75) is 12.8 Å². The van der Waals surface area contributed by atoms with Gasteiger partial charge in [0.15, 0.2) is 5.82 Å². The highest BCUT2D eigenvalue weighted by molar-refractivity contribution is 7.13. The van der Waals surface area contributed by atoms with Crippen molar-refractivity contribution in [1.29, 1.82) is 0 Å². The maximum Gasteiger partial charge on any atom is 0.293 e. The van der Waals surface area contributed by atoms with Crippen molar-refractivity contribution in [3.8, 4) is 16.4 Å². The zero-order valence-corrected chi connectivity index (χ0v) is 16.7. The molecule has 1 saturated heterocycles. The maximum absolute atomic E-state index is 13.3. The number of aromatic nitrogens is 3. The van der Waals surface area contributed by atoms with Crippen LogP contribution in [0.25, 0.3) is 16.4 Å².